The van der Waals surface area contributed by atoms with E-state index in [4.69, 9.17) is 0 Å². The van der Waals surface area contributed by atoms with Crippen molar-refractivity contribution < 1.29 is 17.6 Å². The molecule has 0 bridgehead atoms. The minimum atomic E-state index is -4.45. The second-order valence-electron chi connectivity index (χ2n) is 7.03. The van der Waals surface area contributed by atoms with Gasteiger partial charge in [0.1, 0.15) is 5.82 Å². The first-order valence-corrected chi connectivity index (χ1v) is 8.74. The molecule has 0 amide bonds. The molecule has 2 fully saturated rings. The number of nitrogens with zero attached hydrogens (tertiary/aromatic N) is 1. The van der Waals surface area contributed by atoms with Crippen LogP contribution in [0.1, 0.15) is 43.2 Å². The van der Waals surface area contributed by atoms with Gasteiger partial charge in [-0.1, -0.05) is 12.8 Å². The molecule has 0 aromatic heterocycles. The number of hydrogen-bond donors (Lipinski definition) is 1. The highest BCUT2D eigenvalue weighted by Crippen LogP contribution is 2.34. The summed E-state index contributed by atoms with van der Waals surface area (Å²) < 4.78 is 53.3. The van der Waals surface area contributed by atoms with Crippen molar-refractivity contribution >= 4 is 0 Å². The summed E-state index contributed by atoms with van der Waals surface area (Å²) in [6.07, 6.45) is 1.18. The summed E-state index contributed by atoms with van der Waals surface area (Å²) in [7, 11) is 0. The predicted octanol–water partition coefficient (Wildman–Crippen LogP) is 4.20. The zero-order valence-electron chi connectivity index (χ0n) is 13.7. The van der Waals surface area contributed by atoms with Crippen LogP contribution < -0.4 is 5.32 Å². The van der Waals surface area contributed by atoms with E-state index < -0.39 is 17.6 Å². The van der Waals surface area contributed by atoms with Crippen molar-refractivity contribution in [1.29, 1.82) is 0 Å². The summed E-state index contributed by atoms with van der Waals surface area (Å²) in [4.78, 5) is 2.14. The summed E-state index contributed by atoms with van der Waals surface area (Å²) in [5, 5.41) is 3.28. The molecule has 3 rings (SSSR count). The molecule has 134 valence electrons. The van der Waals surface area contributed by atoms with Gasteiger partial charge in [-0.25, -0.2) is 4.39 Å². The van der Waals surface area contributed by atoms with Crippen molar-refractivity contribution in [2.24, 2.45) is 5.92 Å². The van der Waals surface area contributed by atoms with Crippen molar-refractivity contribution in [3.05, 3.63) is 35.1 Å². The van der Waals surface area contributed by atoms with Crippen LogP contribution in [0, 0.1) is 11.7 Å². The highest BCUT2D eigenvalue weighted by atomic mass is 19.4. The smallest absolute Gasteiger partial charge is 0.315 e. The maximum atomic E-state index is 13.6. The minimum Gasteiger partial charge on any atom is -0.315 e. The number of benzene rings is 1. The topological polar surface area (TPSA) is 15.3 Å². The van der Waals surface area contributed by atoms with Crippen LogP contribution in [0.25, 0.3) is 0 Å². The Kier molecular flexibility index (Phi) is 5.45. The lowest BCUT2D eigenvalue weighted by Crippen LogP contribution is -2.39. The van der Waals surface area contributed by atoms with Crippen molar-refractivity contribution in [2.75, 3.05) is 19.6 Å². The van der Waals surface area contributed by atoms with Crippen LogP contribution >= 0.6 is 0 Å². The maximum Gasteiger partial charge on any atom is 0.416 e. The lowest BCUT2D eigenvalue weighted by Gasteiger charge is -2.31. The lowest BCUT2D eigenvalue weighted by molar-refractivity contribution is -0.138. The molecule has 0 spiro atoms. The van der Waals surface area contributed by atoms with Crippen LogP contribution in [0.2, 0.25) is 0 Å². The average Bonchev–Trinajstić information content (AvgIpc) is 3.19. The van der Waals surface area contributed by atoms with Crippen molar-refractivity contribution in [2.45, 2.75) is 50.9 Å². The van der Waals surface area contributed by atoms with Gasteiger partial charge in [0, 0.05) is 25.7 Å². The summed E-state index contributed by atoms with van der Waals surface area (Å²) in [5.41, 5.74) is -0.668. The third-order valence-corrected chi connectivity index (χ3v) is 5.26. The van der Waals surface area contributed by atoms with Gasteiger partial charge < -0.3 is 5.32 Å². The van der Waals surface area contributed by atoms with E-state index in [0.29, 0.717) is 5.92 Å². The summed E-state index contributed by atoms with van der Waals surface area (Å²) in [6.45, 7) is 2.65. The third kappa shape index (κ3) is 4.28. The molecule has 1 aliphatic carbocycles. The largest absolute Gasteiger partial charge is 0.416 e. The van der Waals surface area contributed by atoms with Crippen LogP contribution in [0.15, 0.2) is 18.2 Å². The van der Waals surface area contributed by atoms with E-state index >= 15 is 0 Å². The minimum absolute atomic E-state index is 0.0485. The quantitative estimate of drug-likeness (QED) is 0.806. The van der Waals surface area contributed by atoms with E-state index in [1.165, 1.54) is 12.8 Å². The van der Waals surface area contributed by atoms with Gasteiger partial charge in [-0.05, 0) is 55.5 Å². The van der Waals surface area contributed by atoms with E-state index in [9.17, 15) is 17.6 Å². The molecule has 1 saturated carbocycles. The predicted molar refractivity (Wildman–Crippen MR) is 85.0 cm³/mol. The molecule has 1 saturated heterocycles. The van der Waals surface area contributed by atoms with Crippen LogP contribution in [0.4, 0.5) is 17.6 Å². The fourth-order valence-corrected chi connectivity index (χ4v) is 4.01. The fraction of sp³-hybridized carbons (Fsp3) is 0.667. The maximum absolute atomic E-state index is 13.6. The molecule has 1 atom stereocenters. The van der Waals surface area contributed by atoms with E-state index in [1.54, 1.807) is 0 Å². The molecule has 1 aromatic rings. The molecule has 2 aliphatic rings. The molecular weight excluding hydrogens is 320 g/mol. The molecule has 6 heteroatoms. The molecule has 1 heterocycles. The van der Waals surface area contributed by atoms with Gasteiger partial charge in [-0.15, -0.1) is 0 Å². The van der Waals surface area contributed by atoms with Gasteiger partial charge >= 0.3 is 6.18 Å². The van der Waals surface area contributed by atoms with E-state index in [1.807, 2.05) is 0 Å². The number of hydrogen-bond acceptors (Lipinski definition) is 2. The SMILES string of the molecule is Fc1ccc(C(F)(F)F)c(CN(CC2CCCC2)[C@H]2CCNC2)c1. The Balaban J connectivity index is 1.82. The van der Waals surface area contributed by atoms with Crippen LogP contribution in [-0.2, 0) is 12.7 Å². The third-order valence-electron chi connectivity index (χ3n) is 5.26. The Hall–Kier alpha value is -1.14. The summed E-state index contributed by atoms with van der Waals surface area (Å²) >= 11 is 0. The Bertz CT molecular complexity index is 546. The number of rotatable bonds is 5. The van der Waals surface area contributed by atoms with E-state index in [0.717, 1.165) is 57.1 Å². The number of alkyl halides is 3. The summed E-state index contributed by atoms with van der Waals surface area (Å²) in [6, 6.07) is 3.04. The van der Waals surface area contributed by atoms with Crippen molar-refractivity contribution in [3.8, 4) is 0 Å². The first-order valence-electron chi connectivity index (χ1n) is 8.74. The van der Waals surface area contributed by atoms with E-state index in [2.05, 4.69) is 10.2 Å². The zero-order chi connectivity index (χ0) is 17.2. The molecule has 0 unspecified atom stereocenters. The Labute approximate surface area is 140 Å². The second kappa shape index (κ2) is 7.40. The first-order chi connectivity index (χ1) is 11.4. The zero-order valence-corrected chi connectivity index (χ0v) is 13.7. The molecule has 1 aliphatic heterocycles. The molecule has 2 nitrogen and oxygen atoms in total. The van der Waals surface area contributed by atoms with Gasteiger partial charge in [0.25, 0.3) is 0 Å². The van der Waals surface area contributed by atoms with Crippen molar-refractivity contribution in [1.82, 2.24) is 10.2 Å². The van der Waals surface area contributed by atoms with Crippen LogP contribution in [0.5, 0.6) is 0 Å². The fourth-order valence-electron chi connectivity index (χ4n) is 4.01. The standard InChI is InChI=1S/C18H24F4N2/c19-15-5-6-17(18(20,21)22)14(9-15)12-24(16-7-8-23-10-16)11-13-3-1-2-4-13/h5-6,9,13,16,23H,1-4,7-8,10-12H2/t16-/m0/s1. The normalized spacial score (nSPS) is 22.6. The Morgan fingerprint density at radius 2 is 1.88 bits per heavy atom. The second-order valence-corrected chi connectivity index (χ2v) is 7.03. The highest BCUT2D eigenvalue weighted by Gasteiger charge is 2.35. The van der Waals surface area contributed by atoms with Gasteiger partial charge in [0.15, 0.2) is 0 Å². The average molecular weight is 344 g/mol. The first kappa shape index (κ1) is 17.7. The Morgan fingerprint density at radius 1 is 1.12 bits per heavy atom. The molecular formula is C18H24F4N2. The van der Waals surface area contributed by atoms with Crippen LogP contribution in [-0.4, -0.2) is 30.6 Å². The van der Waals surface area contributed by atoms with Gasteiger partial charge in [0.05, 0.1) is 5.56 Å². The monoisotopic (exact) mass is 344 g/mol. The Morgan fingerprint density at radius 3 is 2.50 bits per heavy atom. The highest BCUT2D eigenvalue weighted by molar-refractivity contribution is 5.30. The molecule has 24 heavy (non-hydrogen) atoms. The van der Waals surface area contributed by atoms with Crippen LogP contribution in [0.3, 0.4) is 0 Å². The molecule has 1 aromatic carbocycles. The number of halogens is 4. The van der Waals surface area contributed by atoms with Crippen molar-refractivity contribution in [3.63, 3.8) is 0 Å². The molecule has 0 radical (unpaired) electrons. The lowest BCUT2D eigenvalue weighted by atomic mass is 10.0. The van der Waals surface area contributed by atoms with Gasteiger partial charge in [-0.2, -0.15) is 13.2 Å². The number of nitrogens with one attached hydrogen (secondary N) is 1. The molecule has 1 N–H and O–H groups in total. The van der Waals surface area contributed by atoms with Gasteiger partial charge in [-0.3, -0.25) is 4.90 Å². The summed E-state index contributed by atoms with van der Waals surface area (Å²) in [5.74, 6) is -0.0585. The van der Waals surface area contributed by atoms with E-state index in [-0.39, 0.29) is 18.2 Å². The van der Waals surface area contributed by atoms with Gasteiger partial charge in [0.2, 0.25) is 0 Å².